The number of benzene rings is 1. The first kappa shape index (κ1) is 17.6. The summed E-state index contributed by atoms with van der Waals surface area (Å²) in [5, 5.41) is 3.35. The van der Waals surface area contributed by atoms with Gasteiger partial charge in [-0.25, -0.2) is 10.3 Å². The third kappa shape index (κ3) is 3.97. The highest BCUT2D eigenvalue weighted by Gasteiger charge is 2.41. The highest BCUT2D eigenvalue weighted by Crippen LogP contribution is 2.31. The van der Waals surface area contributed by atoms with Crippen molar-refractivity contribution in [2.45, 2.75) is 12.4 Å². The van der Waals surface area contributed by atoms with E-state index in [0.717, 1.165) is 10.7 Å². The molecule has 0 atom stereocenters. The van der Waals surface area contributed by atoms with Gasteiger partial charge in [0, 0.05) is 7.05 Å². The van der Waals surface area contributed by atoms with Crippen LogP contribution in [0.1, 0.15) is 5.69 Å². The number of halogens is 6. The van der Waals surface area contributed by atoms with Crippen LogP contribution < -0.4 is 5.48 Å². The summed E-state index contributed by atoms with van der Waals surface area (Å²) in [7, 11) is 1.32. The molecule has 0 aliphatic heterocycles. The maximum absolute atomic E-state index is 12.6. The molecule has 1 heterocycles. The molecule has 0 radical (unpaired) electrons. The van der Waals surface area contributed by atoms with E-state index in [4.69, 9.17) is 0 Å². The summed E-state index contributed by atoms with van der Waals surface area (Å²) in [5.41, 5.74) is 1.24. The largest absolute Gasteiger partial charge is 0.493 e. The predicted octanol–water partition coefficient (Wildman–Crippen LogP) is 3.54. The molecule has 2 aromatic rings. The minimum Gasteiger partial charge on any atom is -0.335 e. The van der Waals surface area contributed by atoms with Crippen LogP contribution in [0.4, 0.5) is 32.0 Å². The lowest BCUT2D eigenvalue weighted by Crippen LogP contribution is -2.27. The van der Waals surface area contributed by atoms with Crippen molar-refractivity contribution in [3.63, 3.8) is 0 Å². The summed E-state index contributed by atoms with van der Waals surface area (Å²) < 4.78 is 74.7. The van der Waals surface area contributed by atoms with Gasteiger partial charge in [-0.3, -0.25) is 4.68 Å². The maximum Gasteiger partial charge on any atom is 0.493 e. The Kier molecular flexibility index (Phi) is 4.45. The van der Waals surface area contributed by atoms with Crippen LogP contribution in [0.15, 0.2) is 30.3 Å². The van der Waals surface area contributed by atoms with Gasteiger partial charge in [0.1, 0.15) is 0 Å². The van der Waals surface area contributed by atoms with Crippen molar-refractivity contribution in [2.24, 2.45) is 7.05 Å². The van der Waals surface area contributed by atoms with Gasteiger partial charge >= 0.3 is 18.3 Å². The molecule has 0 aliphatic carbocycles. The lowest BCUT2D eigenvalue weighted by atomic mass is 10.1. The number of alkyl halides is 6. The van der Waals surface area contributed by atoms with Gasteiger partial charge in [-0.15, -0.1) is 0 Å². The fraction of sp³-hybridized carbons (Fsp3) is 0.231. The van der Waals surface area contributed by atoms with Crippen LogP contribution in [0.25, 0.3) is 11.3 Å². The van der Waals surface area contributed by atoms with E-state index in [2.05, 4.69) is 9.94 Å². The fourth-order valence-corrected chi connectivity index (χ4v) is 1.75. The van der Waals surface area contributed by atoms with Gasteiger partial charge in [0.2, 0.25) is 0 Å². The Morgan fingerprint density at radius 3 is 2.17 bits per heavy atom. The molecule has 0 aliphatic rings. The molecule has 0 fully saturated rings. The summed E-state index contributed by atoms with van der Waals surface area (Å²) in [4.78, 5) is 14.4. The van der Waals surface area contributed by atoms with E-state index >= 15 is 0 Å². The molecular formula is C13H9F6N3O2. The van der Waals surface area contributed by atoms with Gasteiger partial charge < -0.3 is 4.84 Å². The minimum absolute atomic E-state index is 0.00885. The van der Waals surface area contributed by atoms with Crippen LogP contribution in [0.3, 0.4) is 0 Å². The minimum atomic E-state index is -5.14. The second kappa shape index (κ2) is 6.06. The lowest BCUT2D eigenvalue weighted by molar-refractivity contribution is -0.196. The zero-order valence-corrected chi connectivity index (χ0v) is 11.9. The van der Waals surface area contributed by atoms with E-state index < -0.39 is 24.0 Å². The smallest absolute Gasteiger partial charge is 0.335 e. The Bertz CT molecular complexity index is 734. The van der Waals surface area contributed by atoms with Crippen LogP contribution in [-0.4, -0.2) is 21.9 Å². The van der Waals surface area contributed by atoms with Crippen LogP contribution in [0, 0.1) is 0 Å². The predicted molar refractivity (Wildman–Crippen MR) is 69.4 cm³/mol. The van der Waals surface area contributed by atoms with Gasteiger partial charge in [0.25, 0.3) is 0 Å². The number of nitrogens with one attached hydrogen (secondary N) is 1. The molecule has 130 valence electrons. The van der Waals surface area contributed by atoms with Crippen LogP contribution in [-0.2, 0) is 22.9 Å². The van der Waals surface area contributed by atoms with Crippen molar-refractivity contribution >= 4 is 11.7 Å². The quantitative estimate of drug-likeness (QED) is 0.677. The molecule has 11 heteroatoms. The van der Waals surface area contributed by atoms with E-state index in [0.29, 0.717) is 5.56 Å². The highest BCUT2D eigenvalue weighted by atomic mass is 19.4. The molecule has 0 bridgehead atoms. The second-order valence-electron chi connectivity index (χ2n) is 4.60. The number of rotatable bonds is 3. The standard InChI is InChI=1S/C13H9F6N3O2/c1-22-9(6-10(20-22)12(14,15)16)7-2-4-8(5-3-7)21-24-11(23)13(17,18)19/h2-6,21H,1H3. The van der Waals surface area contributed by atoms with E-state index in [-0.39, 0.29) is 11.4 Å². The Hall–Kier alpha value is -2.72. The SMILES string of the molecule is Cn1nc(C(F)(F)F)cc1-c1ccc(NOC(=O)C(F)(F)F)cc1. The van der Waals surface area contributed by atoms with Crippen molar-refractivity contribution < 1.29 is 36.0 Å². The number of anilines is 1. The van der Waals surface area contributed by atoms with E-state index in [9.17, 15) is 31.1 Å². The fourth-order valence-electron chi connectivity index (χ4n) is 1.75. The number of aryl methyl sites for hydroxylation is 1. The van der Waals surface area contributed by atoms with Crippen molar-refractivity contribution in [1.82, 2.24) is 9.78 Å². The molecule has 0 saturated heterocycles. The first-order valence-corrected chi connectivity index (χ1v) is 6.24. The zero-order chi connectivity index (χ0) is 18.1. The Morgan fingerprint density at radius 1 is 1.12 bits per heavy atom. The van der Waals surface area contributed by atoms with Gasteiger partial charge in [-0.2, -0.15) is 31.4 Å². The summed E-state index contributed by atoms with van der Waals surface area (Å²) >= 11 is 0. The number of nitrogens with zero attached hydrogens (tertiary/aromatic N) is 2. The Labute approximate surface area is 130 Å². The van der Waals surface area contributed by atoms with Gasteiger partial charge in [-0.05, 0) is 23.8 Å². The number of aromatic nitrogens is 2. The van der Waals surface area contributed by atoms with Crippen molar-refractivity contribution in [3.8, 4) is 11.3 Å². The molecule has 5 nitrogen and oxygen atoms in total. The molecular weight excluding hydrogens is 344 g/mol. The van der Waals surface area contributed by atoms with Crippen molar-refractivity contribution in [2.75, 3.05) is 5.48 Å². The van der Waals surface area contributed by atoms with Gasteiger partial charge in [-0.1, -0.05) is 12.1 Å². The molecule has 1 aromatic heterocycles. The topological polar surface area (TPSA) is 56.1 Å². The van der Waals surface area contributed by atoms with Gasteiger partial charge in [0.15, 0.2) is 5.69 Å². The molecule has 2 rings (SSSR count). The zero-order valence-electron chi connectivity index (χ0n) is 11.9. The van der Waals surface area contributed by atoms with Crippen molar-refractivity contribution in [3.05, 3.63) is 36.0 Å². The normalized spacial score (nSPS) is 12.1. The maximum atomic E-state index is 12.6. The van der Waals surface area contributed by atoms with Crippen LogP contribution in [0.2, 0.25) is 0 Å². The lowest BCUT2D eigenvalue weighted by Gasteiger charge is -2.09. The van der Waals surface area contributed by atoms with Crippen LogP contribution in [0.5, 0.6) is 0 Å². The van der Waals surface area contributed by atoms with Gasteiger partial charge in [0.05, 0.1) is 11.4 Å². The first-order chi connectivity index (χ1) is 11.0. The number of hydrogen-bond acceptors (Lipinski definition) is 4. The monoisotopic (exact) mass is 353 g/mol. The highest BCUT2D eigenvalue weighted by molar-refractivity contribution is 5.76. The number of carbonyl (C=O) groups is 1. The molecule has 0 unspecified atom stereocenters. The summed E-state index contributed by atoms with van der Waals surface area (Å²) in [6, 6.07) is 5.98. The number of carbonyl (C=O) groups excluding carboxylic acids is 1. The average molecular weight is 353 g/mol. The van der Waals surface area contributed by atoms with E-state index in [1.807, 2.05) is 0 Å². The van der Waals surface area contributed by atoms with E-state index in [1.54, 1.807) is 5.48 Å². The second-order valence-corrected chi connectivity index (χ2v) is 4.60. The summed E-state index contributed by atoms with van der Waals surface area (Å²) in [5.74, 6) is -2.42. The molecule has 0 spiro atoms. The average Bonchev–Trinajstić information content (AvgIpc) is 2.86. The molecule has 0 saturated carbocycles. The molecule has 0 amide bonds. The van der Waals surface area contributed by atoms with E-state index in [1.165, 1.54) is 31.3 Å². The molecule has 24 heavy (non-hydrogen) atoms. The third-order valence-electron chi connectivity index (χ3n) is 2.84. The third-order valence-corrected chi connectivity index (χ3v) is 2.84. The van der Waals surface area contributed by atoms with Crippen molar-refractivity contribution in [1.29, 1.82) is 0 Å². The molecule has 1 aromatic carbocycles. The first-order valence-electron chi connectivity index (χ1n) is 6.24. The summed E-state index contributed by atoms with van der Waals surface area (Å²) in [6.07, 6.45) is -9.74. The Balaban J connectivity index is 2.13. The molecule has 1 N–H and O–H groups in total. The van der Waals surface area contributed by atoms with Crippen LogP contribution >= 0.6 is 0 Å². The number of hydrogen-bond donors (Lipinski definition) is 1. The Morgan fingerprint density at radius 2 is 1.71 bits per heavy atom. The summed E-state index contributed by atoms with van der Waals surface area (Å²) in [6.45, 7) is 0.